The normalized spacial score (nSPS) is 10.0. The Kier molecular flexibility index (Phi) is 8.68. The summed E-state index contributed by atoms with van der Waals surface area (Å²) in [4.78, 5) is 43.5. The number of rotatable bonds is 8. The molecule has 0 unspecified atom stereocenters. The highest BCUT2D eigenvalue weighted by atomic mass is 16.5. The van der Waals surface area contributed by atoms with Crippen molar-refractivity contribution in [3.63, 3.8) is 0 Å². The van der Waals surface area contributed by atoms with Gasteiger partial charge >= 0.3 is 11.9 Å². The van der Waals surface area contributed by atoms with Gasteiger partial charge in [0, 0.05) is 25.1 Å². The zero-order chi connectivity index (χ0) is 14.7. The molecule has 0 saturated carbocycles. The number of carbonyl (C=O) groups is 4. The standard InChI is InChI=1S/C12H17NO6/c1-9(14)4-3-7-13-10(15)8-19-12(17)6-5-11(16)18-2/h5-6H,3-4,7-8H2,1-2H3,(H,13,15)/b6-5+. The highest BCUT2D eigenvalue weighted by Crippen LogP contribution is 1.88. The van der Waals surface area contributed by atoms with Crippen molar-refractivity contribution in [3.05, 3.63) is 12.2 Å². The lowest BCUT2D eigenvalue weighted by Crippen LogP contribution is -2.29. The van der Waals surface area contributed by atoms with Crippen LogP contribution < -0.4 is 5.32 Å². The Labute approximate surface area is 110 Å². The highest BCUT2D eigenvalue weighted by Gasteiger charge is 2.05. The lowest BCUT2D eigenvalue weighted by atomic mass is 10.2. The highest BCUT2D eigenvalue weighted by molar-refractivity contribution is 5.92. The third-order valence-corrected chi connectivity index (χ3v) is 1.93. The monoisotopic (exact) mass is 271 g/mol. The average molecular weight is 271 g/mol. The molecule has 1 amide bonds. The zero-order valence-corrected chi connectivity index (χ0v) is 10.9. The van der Waals surface area contributed by atoms with Crippen molar-refractivity contribution in [1.82, 2.24) is 5.32 Å². The van der Waals surface area contributed by atoms with Crippen molar-refractivity contribution in [2.45, 2.75) is 19.8 Å². The van der Waals surface area contributed by atoms with Gasteiger partial charge in [-0.25, -0.2) is 9.59 Å². The third-order valence-electron chi connectivity index (χ3n) is 1.93. The quantitative estimate of drug-likeness (QED) is 0.371. The third kappa shape index (κ3) is 10.7. The molecule has 0 aliphatic heterocycles. The summed E-state index contributed by atoms with van der Waals surface area (Å²) in [5.74, 6) is -1.92. The number of ketones is 1. The topological polar surface area (TPSA) is 98.8 Å². The van der Waals surface area contributed by atoms with E-state index in [9.17, 15) is 19.2 Å². The maximum Gasteiger partial charge on any atom is 0.331 e. The van der Waals surface area contributed by atoms with Gasteiger partial charge < -0.3 is 19.6 Å². The minimum Gasteiger partial charge on any atom is -0.466 e. The van der Waals surface area contributed by atoms with E-state index < -0.39 is 24.5 Å². The minimum atomic E-state index is -0.815. The maximum atomic E-state index is 11.2. The Morgan fingerprint density at radius 2 is 1.74 bits per heavy atom. The second-order valence-corrected chi connectivity index (χ2v) is 3.62. The van der Waals surface area contributed by atoms with Crippen LogP contribution in [0.5, 0.6) is 0 Å². The molecule has 0 aromatic carbocycles. The van der Waals surface area contributed by atoms with Gasteiger partial charge in [0.05, 0.1) is 7.11 Å². The molecule has 0 aromatic rings. The van der Waals surface area contributed by atoms with Crippen LogP contribution in [0.3, 0.4) is 0 Å². The molecule has 1 N–H and O–H groups in total. The fourth-order valence-electron chi connectivity index (χ4n) is 1.01. The number of esters is 2. The van der Waals surface area contributed by atoms with Crippen LogP contribution in [0.4, 0.5) is 0 Å². The van der Waals surface area contributed by atoms with E-state index in [0.717, 1.165) is 12.2 Å². The smallest absolute Gasteiger partial charge is 0.331 e. The second-order valence-electron chi connectivity index (χ2n) is 3.62. The summed E-state index contributed by atoms with van der Waals surface area (Å²) in [7, 11) is 1.17. The SMILES string of the molecule is COC(=O)/C=C/C(=O)OCC(=O)NCCCC(C)=O. The van der Waals surface area contributed by atoms with Gasteiger partial charge in [-0.15, -0.1) is 0 Å². The predicted octanol–water partition coefficient (Wildman–Crippen LogP) is -0.256. The van der Waals surface area contributed by atoms with Crippen molar-refractivity contribution in [2.24, 2.45) is 0 Å². The van der Waals surface area contributed by atoms with E-state index in [0.29, 0.717) is 19.4 Å². The summed E-state index contributed by atoms with van der Waals surface area (Å²) in [6.07, 6.45) is 2.70. The molecule has 0 spiro atoms. The summed E-state index contributed by atoms with van der Waals surface area (Å²) < 4.78 is 8.83. The molecule has 106 valence electrons. The molecule has 0 aliphatic carbocycles. The summed E-state index contributed by atoms with van der Waals surface area (Å²) in [6, 6.07) is 0. The first-order valence-electron chi connectivity index (χ1n) is 5.64. The number of nitrogens with one attached hydrogen (secondary N) is 1. The van der Waals surface area contributed by atoms with Gasteiger partial charge in [-0.2, -0.15) is 0 Å². The molecule has 0 bridgehead atoms. The molecule has 0 aliphatic rings. The summed E-state index contributed by atoms with van der Waals surface area (Å²) in [6.45, 7) is 1.37. The molecule has 7 heteroatoms. The number of hydrogen-bond acceptors (Lipinski definition) is 6. The van der Waals surface area contributed by atoms with Crippen molar-refractivity contribution in [3.8, 4) is 0 Å². The molecule has 0 radical (unpaired) electrons. The van der Waals surface area contributed by atoms with Gasteiger partial charge in [-0.1, -0.05) is 0 Å². The van der Waals surface area contributed by atoms with E-state index in [1.807, 2.05) is 0 Å². The van der Waals surface area contributed by atoms with Gasteiger partial charge in [0.15, 0.2) is 6.61 Å². The van der Waals surface area contributed by atoms with Crippen LogP contribution in [0.25, 0.3) is 0 Å². The van der Waals surface area contributed by atoms with Gasteiger partial charge in [0.2, 0.25) is 0 Å². The summed E-state index contributed by atoms with van der Waals surface area (Å²) >= 11 is 0. The Hall–Kier alpha value is -2.18. The van der Waals surface area contributed by atoms with Crippen LogP contribution in [0.2, 0.25) is 0 Å². The molecule has 0 rings (SSSR count). The Bertz CT molecular complexity index is 374. The van der Waals surface area contributed by atoms with Crippen LogP contribution in [0.15, 0.2) is 12.2 Å². The summed E-state index contributed by atoms with van der Waals surface area (Å²) in [5, 5.41) is 2.49. The summed E-state index contributed by atoms with van der Waals surface area (Å²) in [5.41, 5.74) is 0. The lowest BCUT2D eigenvalue weighted by molar-refractivity contribution is -0.144. The van der Waals surface area contributed by atoms with Crippen molar-refractivity contribution < 1.29 is 28.7 Å². The molecule has 7 nitrogen and oxygen atoms in total. The molecule has 0 fully saturated rings. The molecular formula is C12H17NO6. The maximum absolute atomic E-state index is 11.2. The molecule has 0 heterocycles. The van der Waals surface area contributed by atoms with Crippen molar-refractivity contribution in [2.75, 3.05) is 20.3 Å². The molecule has 0 saturated heterocycles. The number of ether oxygens (including phenoxy) is 2. The van der Waals surface area contributed by atoms with Gasteiger partial charge in [-0.3, -0.25) is 4.79 Å². The second kappa shape index (κ2) is 9.81. The zero-order valence-electron chi connectivity index (χ0n) is 10.9. The first kappa shape index (κ1) is 16.8. The van der Waals surface area contributed by atoms with Crippen LogP contribution in [0.1, 0.15) is 19.8 Å². The number of carbonyl (C=O) groups excluding carboxylic acids is 4. The fraction of sp³-hybridized carbons (Fsp3) is 0.500. The lowest BCUT2D eigenvalue weighted by Gasteiger charge is -2.04. The van der Waals surface area contributed by atoms with Crippen LogP contribution in [-0.4, -0.2) is 43.9 Å². The largest absolute Gasteiger partial charge is 0.466 e. The number of Topliss-reactive ketones (excluding diaryl/α,β-unsaturated/α-hetero) is 1. The first-order chi connectivity index (χ1) is 8.95. The fourth-order valence-corrected chi connectivity index (χ4v) is 1.01. The van der Waals surface area contributed by atoms with Crippen molar-refractivity contribution in [1.29, 1.82) is 0 Å². The van der Waals surface area contributed by atoms with Gasteiger partial charge in [0.25, 0.3) is 5.91 Å². The molecule has 19 heavy (non-hydrogen) atoms. The Balaban J connectivity index is 3.72. The number of amides is 1. The average Bonchev–Trinajstić information content (AvgIpc) is 2.38. The van der Waals surface area contributed by atoms with Crippen molar-refractivity contribution >= 4 is 23.6 Å². The minimum absolute atomic E-state index is 0.0497. The number of methoxy groups -OCH3 is 1. The van der Waals surface area contributed by atoms with E-state index >= 15 is 0 Å². The van der Waals surface area contributed by atoms with Crippen LogP contribution >= 0.6 is 0 Å². The first-order valence-corrected chi connectivity index (χ1v) is 5.64. The Morgan fingerprint density at radius 1 is 1.11 bits per heavy atom. The molecule has 0 aromatic heterocycles. The van der Waals surface area contributed by atoms with Crippen LogP contribution in [0, 0.1) is 0 Å². The van der Waals surface area contributed by atoms with Gasteiger partial charge in [-0.05, 0) is 13.3 Å². The van der Waals surface area contributed by atoms with E-state index in [4.69, 9.17) is 0 Å². The number of hydrogen-bond donors (Lipinski definition) is 1. The molecule has 0 atom stereocenters. The molecular weight excluding hydrogens is 254 g/mol. The van der Waals surface area contributed by atoms with E-state index in [1.54, 1.807) is 0 Å². The van der Waals surface area contributed by atoms with E-state index in [-0.39, 0.29) is 5.78 Å². The van der Waals surface area contributed by atoms with E-state index in [1.165, 1.54) is 14.0 Å². The Morgan fingerprint density at radius 3 is 2.32 bits per heavy atom. The van der Waals surface area contributed by atoms with Gasteiger partial charge in [0.1, 0.15) is 5.78 Å². The van der Waals surface area contributed by atoms with E-state index in [2.05, 4.69) is 14.8 Å². The van der Waals surface area contributed by atoms with Crippen LogP contribution in [-0.2, 0) is 28.7 Å². The predicted molar refractivity (Wildman–Crippen MR) is 65.0 cm³/mol.